The average Bonchev–Trinajstić information content (AvgIpc) is 2.53. The van der Waals surface area contributed by atoms with E-state index in [-0.39, 0.29) is 29.3 Å². The molecule has 0 saturated carbocycles. The van der Waals surface area contributed by atoms with Crippen LogP contribution in [0.5, 0.6) is 5.75 Å². The minimum absolute atomic E-state index is 0.0205. The SMILES string of the molecule is COC(=O)c1cc(OCc2ccccc2F)ccc1C(C)=O. The fourth-order valence-corrected chi connectivity index (χ4v) is 1.98. The number of Topliss-reactive ketones (excluding diaryl/α,β-unsaturated/α-hetero) is 1. The monoisotopic (exact) mass is 302 g/mol. The molecule has 0 aliphatic heterocycles. The molecule has 4 nitrogen and oxygen atoms in total. The molecule has 2 aromatic rings. The second-order valence-corrected chi connectivity index (χ2v) is 4.64. The number of esters is 1. The largest absolute Gasteiger partial charge is 0.489 e. The van der Waals surface area contributed by atoms with Crippen molar-refractivity contribution in [2.75, 3.05) is 7.11 Å². The molecule has 0 atom stereocenters. The van der Waals surface area contributed by atoms with Gasteiger partial charge in [-0.25, -0.2) is 9.18 Å². The average molecular weight is 302 g/mol. The zero-order valence-corrected chi connectivity index (χ0v) is 12.3. The van der Waals surface area contributed by atoms with Crippen molar-refractivity contribution in [2.45, 2.75) is 13.5 Å². The molecule has 2 rings (SSSR count). The van der Waals surface area contributed by atoms with Gasteiger partial charge in [0.15, 0.2) is 5.78 Å². The smallest absolute Gasteiger partial charge is 0.338 e. The normalized spacial score (nSPS) is 10.1. The van der Waals surface area contributed by atoms with E-state index in [0.29, 0.717) is 11.3 Å². The number of rotatable bonds is 5. The predicted molar refractivity (Wildman–Crippen MR) is 78.5 cm³/mol. The number of hydrogen-bond donors (Lipinski definition) is 0. The van der Waals surface area contributed by atoms with Gasteiger partial charge in [0.1, 0.15) is 18.2 Å². The van der Waals surface area contributed by atoms with Crippen LogP contribution in [0.1, 0.15) is 33.2 Å². The van der Waals surface area contributed by atoms with Crippen molar-refractivity contribution in [1.29, 1.82) is 0 Å². The Balaban J connectivity index is 2.24. The lowest BCUT2D eigenvalue weighted by Crippen LogP contribution is -2.09. The zero-order chi connectivity index (χ0) is 16.1. The Hall–Kier alpha value is -2.69. The van der Waals surface area contributed by atoms with Gasteiger partial charge in [-0.1, -0.05) is 18.2 Å². The lowest BCUT2D eigenvalue weighted by atomic mass is 10.0. The van der Waals surface area contributed by atoms with E-state index in [1.165, 1.54) is 32.2 Å². The van der Waals surface area contributed by atoms with E-state index in [0.717, 1.165) is 0 Å². The van der Waals surface area contributed by atoms with Crippen LogP contribution in [-0.2, 0) is 11.3 Å². The van der Waals surface area contributed by atoms with Crippen molar-refractivity contribution < 1.29 is 23.5 Å². The summed E-state index contributed by atoms with van der Waals surface area (Å²) >= 11 is 0. The maximum Gasteiger partial charge on any atom is 0.338 e. The molecule has 0 spiro atoms. The van der Waals surface area contributed by atoms with E-state index in [9.17, 15) is 14.0 Å². The highest BCUT2D eigenvalue weighted by Gasteiger charge is 2.16. The van der Waals surface area contributed by atoms with Gasteiger partial charge in [0.25, 0.3) is 0 Å². The second-order valence-electron chi connectivity index (χ2n) is 4.64. The van der Waals surface area contributed by atoms with Gasteiger partial charge < -0.3 is 9.47 Å². The minimum atomic E-state index is -0.624. The molecule has 5 heteroatoms. The third-order valence-corrected chi connectivity index (χ3v) is 3.13. The van der Waals surface area contributed by atoms with Crippen LogP contribution in [0.3, 0.4) is 0 Å². The molecule has 114 valence electrons. The molecule has 0 saturated heterocycles. The number of ketones is 1. The number of carbonyl (C=O) groups excluding carboxylic acids is 2. The first-order chi connectivity index (χ1) is 10.5. The van der Waals surface area contributed by atoms with Crippen LogP contribution in [-0.4, -0.2) is 18.9 Å². The van der Waals surface area contributed by atoms with E-state index in [2.05, 4.69) is 4.74 Å². The van der Waals surface area contributed by atoms with Crippen molar-refractivity contribution in [3.63, 3.8) is 0 Å². The summed E-state index contributed by atoms with van der Waals surface area (Å²) in [6.07, 6.45) is 0. The van der Waals surface area contributed by atoms with Crippen LogP contribution in [0.15, 0.2) is 42.5 Å². The summed E-state index contributed by atoms with van der Waals surface area (Å²) in [6, 6.07) is 10.7. The summed E-state index contributed by atoms with van der Waals surface area (Å²) in [4.78, 5) is 23.3. The first kappa shape index (κ1) is 15.7. The van der Waals surface area contributed by atoms with E-state index >= 15 is 0 Å². The molecule has 0 amide bonds. The molecule has 2 aromatic carbocycles. The van der Waals surface area contributed by atoms with Crippen LogP contribution in [0.25, 0.3) is 0 Å². The van der Waals surface area contributed by atoms with Crippen LogP contribution >= 0.6 is 0 Å². The topological polar surface area (TPSA) is 52.6 Å². The number of halogens is 1. The highest BCUT2D eigenvalue weighted by atomic mass is 19.1. The van der Waals surface area contributed by atoms with Gasteiger partial charge in [0.05, 0.1) is 12.7 Å². The number of ether oxygens (including phenoxy) is 2. The Bertz CT molecular complexity index is 710. The molecular weight excluding hydrogens is 287 g/mol. The van der Waals surface area contributed by atoms with Crippen molar-refractivity contribution in [3.05, 3.63) is 65.0 Å². The number of methoxy groups -OCH3 is 1. The summed E-state index contributed by atoms with van der Waals surface area (Å²) in [5.41, 5.74) is 0.781. The van der Waals surface area contributed by atoms with Gasteiger partial charge in [-0.15, -0.1) is 0 Å². The third-order valence-electron chi connectivity index (χ3n) is 3.13. The quantitative estimate of drug-likeness (QED) is 0.627. The van der Waals surface area contributed by atoms with Gasteiger partial charge in [0.2, 0.25) is 0 Å². The van der Waals surface area contributed by atoms with E-state index < -0.39 is 5.97 Å². The maximum absolute atomic E-state index is 13.5. The molecule has 0 radical (unpaired) electrons. The molecule has 22 heavy (non-hydrogen) atoms. The Morgan fingerprint density at radius 1 is 1.09 bits per heavy atom. The summed E-state index contributed by atoms with van der Waals surface area (Å²) in [5, 5.41) is 0. The van der Waals surface area contributed by atoms with Gasteiger partial charge in [-0.05, 0) is 31.2 Å². The molecule has 0 heterocycles. The molecule has 0 unspecified atom stereocenters. The van der Waals surface area contributed by atoms with Crippen molar-refractivity contribution in [1.82, 2.24) is 0 Å². The molecular formula is C17H15FO4. The highest BCUT2D eigenvalue weighted by molar-refractivity contribution is 6.05. The molecule has 0 N–H and O–H groups in total. The predicted octanol–water partition coefficient (Wildman–Crippen LogP) is 3.39. The molecule has 0 aliphatic carbocycles. The van der Waals surface area contributed by atoms with Gasteiger partial charge in [0, 0.05) is 11.1 Å². The molecule has 0 fully saturated rings. The van der Waals surface area contributed by atoms with E-state index in [1.807, 2.05) is 0 Å². The van der Waals surface area contributed by atoms with Gasteiger partial charge in [-0.3, -0.25) is 4.79 Å². The summed E-state index contributed by atoms with van der Waals surface area (Å²) in [5.74, 6) is -0.882. The first-order valence-electron chi connectivity index (χ1n) is 6.62. The fraction of sp³-hybridized carbons (Fsp3) is 0.176. The van der Waals surface area contributed by atoms with Gasteiger partial charge >= 0.3 is 5.97 Å². The van der Waals surface area contributed by atoms with Gasteiger partial charge in [-0.2, -0.15) is 0 Å². The first-order valence-corrected chi connectivity index (χ1v) is 6.62. The molecule has 0 aromatic heterocycles. The van der Waals surface area contributed by atoms with Crippen LogP contribution < -0.4 is 4.74 Å². The van der Waals surface area contributed by atoms with Crippen molar-refractivity contribution in [3.8, 4) is 5.75 Å². The second kappa shape index (κ2) is 6.85. The maximum atomic E-state index is 13.5. The Labute approximate surface area is 127 Å². The number of hydrogen-bond acceptors (Lipinski definition) is 4. The standard InChI is InChI=1S/C17H15FO4/c1-11(19)14-8-7-13(9-15(14)17(20)21-2)22-10-12-5-3-4-6-16(12)18/h3-9H,10H2,1-2H3. The van der Waals surface area contributed by atoms with Crippen molar-refractivity contribution >= 4 is 11.8 Å². The van der Waals surface area contributed by atoms with Crippen LogP contribution in [0.4, 0.5) is 4.39 Å². The summed E-state index contributed by atoms with van der Waals surface area (Å²) in [7, 11) is 1.24. The Morgan fingerprint density at radius 3 is 2.45 bits per heavy atom. The summed E-state index contributed by atoms with van der Waals surface area (Å²) < 4.78 is 23.7. The zero-order valence-electron chi connectivity index (χ0n) is 12.3. The van der Waals surface area contributed by atoms with Crippen molar-refractivity contribution in [2.24, 2.45) is 0 Å². The highest BCUT2D eigenvalue weighted by Crippen LogP contribution is 2.21. The third kappa shape index (κ3) is 3.49. The molecule has 0 aliphatic rings. The minimum Gasteiger partial charge on any atom is -0.489 e. The molecule has 0 bridgehead atoms. The summed E-state index contributed by atoms with van der Waals surface area (Å²) in [6.45, 7) is 1.38. The lowest BCUT2D eigenvalue weighted by molar-refractivity contribution is 0.0596. The number of carbonyl (C=O) groups is 2. The lowest BCUT2D eigenvalue weighted by Gasteiger charge is -2.10. The Kier molecular flexibility index (Phi) is 4.88. The van der Waals surface area contributed by atoms with Crippen LogP contribution in [0, 0.1) is 5.82 Å². The van der Waals surface area contributed by atoms with Crippen LogP contribution in [0.2, 0.25) is 0 Å². The Morgan fingerprint density at radius 2 is 1.82 bits per heavy atom. The fourth-order valence-electron chi connectivity index (χ4n) is 1.98. The van der Waals surface area contributed by atoms with E-state index in [4.69, 9.17) is 4.74 Å². The number of benzene rings is 2. The van der Waals surface area contributed by atoms with E-state index in [1.54, 1.807) is 24.3 Å².